The van der Waals surface area contributed by atoms with E-state index in [1.54, 1.807) is 83.6 Å². The Morgan fingerprint density at radius 3 is 0.704 bits per heavy atom. The molecule has 0 rings (SSSR count). The van der Waals surface area contributed by atoms with Crippen LogP contribution in [-0.4, -0.2) is 215 Å². The molecule has 0 fully saturated rings. The van der Waals surface area contributed by atoms with Crippen molar-refractivity contribution in [2.75, 3.05) is 96.5 Å². The van der Waals surface area contributed by atoms with Gasteiger partial charge in [0, 0.05) is 41.3 Å². The number of methoxy groups -OCH3 is 8. The number of ketones is 6. The fraction of sp³-hybridized carbons (Fsp3) is 0.765. The van der Waals surface area contributed by atoms with Gasteiger partial charge in [0.1, 0.15) is 83.8 Å². The smallest absolute Gasteiger partial charge is 0.320 e. The lowest BCUT2D eigenvalue weighted by atomic mass is 10.0. The molecule has 0 aliphatic rings. The first-order valence-electron chi connectivity index (χ1n) is 32.1. The van der Waals surface area contributed by atoms with Gasteiger partial charge < -0.3 is 66.3 Å². The summed E-state index contributed by atoms with van der Waals surface area (Å²) in [5.41, 5.74) is 0. The maximum Gasteiger partial charge on any atom is 0.320 e. The highest BCUT2D eigenvalue weighted by Gasteiger charge is 2.28. The number of Topliss-reactive ketones (excluding diaryl/α,β-unsaturated/α-hetero) is 6. The predicted octanol–water partition coefficient (Wildman–Crippen LogP) is 6.99. The molecule has 98 heavy (non-hydrogen) atoms. The van der Waals surface area contributed by atoms with Gasteiger partial charge in [-0.3, -0.25) is 76.7 Å². The molecule has 30 heteroatoms. The van der Waals surface area contributed by atoms with Gasteiger partial charge in [-0.2, -0.15) is 0 Å². The molecule has 0 saturated heterocycles. The maximum atomic E-state index is 11.4. The molecule has 12 unspecified atom stereocenters. The van der Waals surface area contributed by atoms with E-state index in [-0.39, 0.29) is 78.9 Å². The van der Waals surface area contributed by atoms with Crippen molar-refractivity contribution in [3.05, 3.63) is 0 Å². The summed E-state index contributed by atoms with van der Waals surface area (Å²) in [5.74, 6) is -11.4. The van der Waals surface area contributed by atoms with Gasteiger partial charge in [0.25, 0.3) is 0 Å². The Bertz CT molecular complexity index is 2310. The highest BCUT2D eigenvalue weighted by molar-refractivity contribution is 6.01. The molecule has 0 aromatic carbocycles. The average Bonchev–Trinajstić information content (AvgIpc) is 1.37. The first-order valence-corrected chi connectivity index (χ1v) is 32.1. The Morgan fingerprint density at radius 1 is 0.255 bits per heavy atom. The fourth-order valence-electron chi connectivity index (χ4n) is 5.68. The van der Waals surface area contributed by atoms with Crippen LogP contribution in [-0.2, 0) is 143 Å². The molecular formula is C68H120O30. The number of rotatable bonds is 36. The first-order chi connectivity index (χ1) is 45.6. The number of hydrogen-bond donors (Lipinski definition) is 0. The number of carbonyl (C=O) groups is 16. The molecule has 0 aliphatic heterocycles. The molecule has 0 amide bonds. The predicted molar refractivity (Wildman–Crippen MR) is 356 cm³/mol. The van der Waals surface area contributed by atoms with Crippen LogP contribution < -0.4 is 0 Å². The zero-order chi connectivity index (χ0) is 78.6. The minimum atomic E-state index is -0.888. The van der Waals surface area contributed by atoms with Crippen molar-refractivity contribution in [3.8, 4) is 0 Å². The lowest BCUT2D eigenvalue weighted by molar-refractivity contribution is -0.165. The van der Waals surface area contributed by atoms with E-state index < -0.39 is 107 Å². The largest absolute Gasteiger partial charge is 0.468 e. The second kappa shape index (κ2) is 66.8. The third-order valence-electron chi connectivity index (χ3n) is 13.6. The highest BCUT2D eigenvalue weighted by atomic mass is 16.6. The number of esters is 10. The summed E-state index contributed by atoms with van der Waals surface area (Å²) in [6.45, 7) is 33.9. The average molecular weight is 1420 g/mol. The molecule has 0 aromatic rings. The zero-order valence-electron chi connectivity index (χ0n) is 63.7. The lowest BCUT2D eigenvalue weighted by Gasteiger charge is -2.17. The van der Waals surface area contributed by atoms with E-state index in [0.29, 0.717) is 45.5 Å². The standard InChI is InChI=1S/2C10H18O5.2C10H18O4.C7H12O4.2C7H12O3.C7H12O2/c1-5-8(13-3)6-15-10(12)7(2)9(11)14-4;1-5-8(6-13-3)15-10(12)7(2)9(11)14-4;1-5-9(13-4)6-14-10(12)7(2)8(3)11;1-5-9(6-13-4)14-10(12)7(2)8(3)11;1-4-11-7(9)5(2)6(8)10-3;1-4-6(8)5(2)7(9)10-3;1-4-10-7(9)5(2)6(3)8;1-4-7(9)5(2)6(3)8/h2*7-8H,5-6H2,1-4H3;2*7,9H,5-6H2,1-4H3;5H,4H2,1-3H3;2*5H,4H2,1-3H3;5H,4H2,1-3H3. The summed E-state index contributed by atoms with van der Waals surface area (Å²) in [5, 5.41) is 0. The second-order valence-electron chi connectivity index (χ2n) is 21.1. The maximum absolute atomic E-state index is 11.4. The topological polar surface area (TPSA) is 402 Å². The molecular weight excluding hydrogens is 1300 g/mol. The summed E-state index contributed by atoms with van der Waals surface area (Å²) in [6.07, 6.45) is 2.92. The van der Waals surface area contributed by atoms with Gasteiger partial charge in [0.2, 0.25) is 0 Å². The molecule has 572 valence electrons. The van der Waals surface area contributed by atoms with Crippen molar-refractivity contribution >= 4 is 94.4 Å². The number of ether oxygens (including phenoxy) is 14. The van der Waals surface area contributed by atoms with Crippen LogP contribution in [0.1, 0.15) is 177 Å². The van der Waals surface area contributed by atoms with Crippen LogP contribution in [0.2, 0.25) is 0 Å². The van der Waals surface area contributed by atoms with E-state index in [1.165, 1.54) is 84.0 Å². The molecule has 0 radical (unpaired) electrons. The van der Waals surface area contributed by atoms with E-state index in [4.69, 9.17) is 37.9 Å². The van der Waals surface area contributed by atoms with E-state index in [1.807, 2.05) is 27.7 Å². The molecule has 30 nitrogen and oxygen atoms in total. The molecule has 0 spiro atoms. The second-order valence-corrected chi connectivity index (χ2v) is 21.1. The molecule has 12 atom stereocenters. The van der Waals surface area contributed by atoms with Gasteiger partial charge in [-0.1, -0.05) is 41.5 Å². The van der Waals surface area contributed by atoms with Crippen LogP contribution in [0, 0.1) is 47.3 Å². The van der Waals surface area contributed by atoms with Crippen molar-refractivity contribution in [2.24, 2.45) is 47.3 Å². The Balaban J connectivity index is -0.000000158. The molecule has 0 bridgehead atoms. The Morgan fingerprint density at radius 2 is 0.480 bits per heavy atom. The quantitative estimate of drug-likeness (QED) is 0.0346. The van der Waals surface area contributed by atoms with E-state index in [2.05, 4.69) is 28.4 Å². The summed E-state index contributed by atoms with van der Waals surface area (Å²) >= 11 is 0. The van der Waals surface area contributed by atoms with Gasteiger partial charge >= 0.3 is 59.7 Å². The van der Waals surface area contributed by atoms with E-state index >= 15 is 0 Å². The van der Waals surface area contributed by atoms with Crippen molar-refractivity contribution in [2.45, 2.75) is 201 Å². The van der Waals surface area contributed by atoms with Crippen molar-refractivity contribution in [3.63, 3.8) is 0 Å². The van der Waals surface area contributed by atoms with Gasteiger partial charge in [0.05, 0.1) is 73.0 Å². The number of carbonyl (C=O) groups excluding carboxylic acids is 16. The fourth-order valence-corrected chi connectivity index (χ4v) is 5.68. The van der Waals surface area contributed by atoms with E-state index in [9.17, 15) is 76.7 Å². The van der Waals surface area contributed by atoms with Crippen molar-refractivity contribution in [1.29, 1.82) is 0 Å². The summed E-state index contributed by atoms with van der Waals surface area (Å²) in [6, 6.07) is 0. The highest BCUT2D eigenvalue weighted by Crippen LogP contribution is 2.10. The van der Waals surface area contributed by atoms with Crippen LogP contribution in [0.15, 0.2) is 0 Å². The number of hydrogen-bond acceptors (Lipinski definition) is 30. The summed E-state index contributed by atoms with van der Waals surface area (Å²) in [4.78, 5) is 175. The Hall–Kier alpha value is -7.44. The van der Waals surface area contributed by atoms with Gasteiger partial charge in [-0.05, 0) is 123 Å². The molecule has 0 N–H and O–H groups in total. The molecule has 0 aliphatic carbocycles. The lowest BCUT2D eigenvalue weighted by Crippen LogP contribution is -2.30. The van der Waals surface area contributed by atoms with Crippen LogP contribution in [0.4, 0.5) is 0 Å². The van der Waals surface area contributed by atoms with Crippen LogP contribution in [0.25, 0.3) is 0 Å². The third-order valence-corrected chi connectivity index (χ3v) is 13.6. The summed E-state index contributed by atoms with van der Waals surface area (Å²) in [7, 11) is 11.2. The van der Waals surface area contributed by atoms with E-state index in [0.717, 1.165) is 12.8 Å². The Labute approximate surface area is 580 Å². The first kappa shape index (κ1) is 107. The van der Waals surface area contributed by atoms with Gasteiger partial charge in [-0.25, -0.2) is 0 Å². The molecule has 0 aromatic heterocycles. The Kier molecular flexibility index (Phi) is 72.6. The summed E-state index contributed by atoms with van der Waals surface area (Å²) < 4.78 is 66.5. The van der Waals surface area contributed by atoms with Crippen LogP contribution >= 0.6 is 0 Å². The monoisotopic (exact) mass is 1420 g/mol. The minimum absolute atomic E-state index is 0.0301. The van der Waals surface area contributed by atoms with Crippen molar-refractivity contribution in [1.82, 2.24) is 0 Å². The molecule has 0 saturated carbocycles. The normalized spacial score (nSPS) is 13.5. The SMILES string of the molecule is CCC(=O)C(C)C(=O)OC.CCC(=O)C(C)C(C)=O.CCC(COC(=O)C(C)C(=O)OC)OC.CCC(COC(=O)C(C)C(C)=O)OC.CCC(COC)OC(=O)C(C)C(=O)OC.CCC(COC)OC(=O)C(C)C(C)=O.CCOC(=O)C(C)C(=O)OC.CCOC(=O)C(C)C(C)=O. The molecule has 0 heterocycles. The van der Waals surface area contributed by atoms with Gasteiger partial charge in [0.15, 0.2) is 17.8 Å². The third kappa shape index (κ3) is 55.5. The van der Waals surface area contributed by atoms with Crippen LogP contribution in [0.5, 0.6) is 0 Å². The van der Waals surface area contributed by atoms with Crippen LogP contribution in [0.3, 0.4) is 0 Å². The zero-order valence-corrected chi connectivity index (χ0v) is 63.7. The minimum Gasteiger partial charge on any atom is -0.468 e. The van der Waals surface area contributed by atoms with Crippen molar-refractivity contribution < 1.29 is 143 Å². The van der Waals surface area contributed by atoms with Gasteiger partial charge in [-0.15, -0.1) is 0 Å².